The predicted molar refractivity (Wildman–Crippen MR) is 172 cm³/mol. The summed E-state index contributed by atoms with van der Waals surface area (Å²) in [6, 6.07) is 11.7. The maximum absolute atomic E-state index is 6.18. The maximum Gasteiger partial charge on any atom is 0.0895 e. The highest BCUT2D eigenvalue weighted by Crippen LogP contribution is 2.44. The van der Waals surface area contributed by atoms with Gasteiger partial charge in [-0.2, -0.15) is 0 Å². The zero-order chi connectivity index (χ0) is 28.7. The lowest BCUT2D eigenvalue weighted by molar-refractivity contribution is -0.00454. The second-order valence-corrected chi connectivity index (χ2v) is 15.3. The fraction of sp³-hybridized carbons (Fsp3) is 0.514. The largest absolute Gasteiger partial charge is 0.376 e. The summed E-state index contributed by atoms with van der Waals surface area (Å²) >= 11 is 0. The third-order valence-corrected chi connectivity index (χ3v) is 10.8. The fourth-order valence-corrected chi connectivity index (χ4v) is 8.73. The lowest BCUT2D eigenvalue weighted by atomic mass is 9.83. The van der Waals surface area contributed by atoms with Crippen molar-refractivity contribution < 1.29 is 4.74 Å². The minimum absolute atomic E-state index is 0.0862. The molecule has 0 saturated carbocycles. The first-order valence-electron chi connectivity index (χ1n) is 14.9. The maximum atomic E-state index is 6.18. The molecule has 0 amide bonds. The van der Waals surface area contributed by atoms with E-state index in [1.165, 1.54) is 50.9 Å². The molecule has 0 aliphatic heterocycles. The number of ether oxygens (including phenoxy) is 1. The van der Waals surface area contributed by atoms with E-state index in [-0.39, 0.29) is 11.0 Å². The molecule has 0 N–H and O–H groups in total. The summed E-state index contributed by atoms with van der Waals surface area (Å²) in [6.07, 6.45) is 7.94. The number of benzene rings is 2. The van der Waals surface area contributed by atoms with E-state index in [1.807, 2.05) is 0 Å². The van der Waals surface area contributed by atoms with Crippen LogP contribution in [0.3, 0.4) is 0 Å². The third-order valence-electron chi connectivity index (χ3n) is 8.95. The molecule has 0 heterocycles. The van der Waals surface area contributed by atoms with Crippen LogP contribution in [0.15, 0.2) is 58.7 Å². The van der Waals surface area contributed by atoms with Gasteiger partial charge in [-0.25, -0.2) is 0 Å². The minimum Gasteiger partial charge on any atom is -0.376 e. The van der Waals surface area contributed by atoms with Gasteiger partial charge in [0.1, 0.15) is 0 Å². The van der Waals surface area contributed by atoms with E-state index in [0.717, 1.165) is 29.0 Å². The van der Waals surface area contributed by atoms with Crippen LogP contribution in [-0.4, -0.2) is 21.7 Å². The molecule has 2 atom stereocenters. The van der Waals surface area contributed by atoms with E-state index in [9.17, 15) is 0 Å². The molecule has 0 aromatic heterocycles. The van der Waals surface area contributed by atoms with E-state index in [2.05, 4.69) is 119 Å². The number of hydrogen-bond acceptors (Lipinski definition) is 1. The fourth-order valence-electron chi connectivity index (χ4n) is 6.44. The van der Waals surface area contributed by atoms with Crippen molar-refractivity contribution in [3.05, 3.63) is 81.0 Å². The quantitative estimate of drug-likeness (QED) is 0.240. The van der Waals surface area contributed by atoms with Crippen LogP contribution in [-0.2, 0) is 16.6 Å². The summed E-state index contributed by atoms with van der Waals surface area (Å²) < 4.78 is 6.18. The molecule has 2 aliphatic carbocycles. The van der Waals surface area contributed by atoms with Crippen LogP contribution in [0.1, 0.15) is 104 Å². The topological polar surface area (TPSA) is 9.23 Å². The highest BCUT2D eigenvalue weighted by Gasteiger charge is 2.32. The Morgan fingerprint density at radius 1 is 0.923 bits per heavy atom. The van der Waals surface area contributed by atoms with Crippen LogP contribution in [0, 0.1) is 12.8 Å². The Bertz CT molecular complexity index is 1320. The lowest BCUT2D eigenvalue weighted by Gasteiger charge is -2.30. The van der Waals surface area contributed by atoms with Crippen molar-refractivity contribution in [2.75, 3.05) is 6.61 Å². The molecule has 0 fully saturated rings. The average molecular weight is 539 g/mol. The second kappa shape index (κ2) is 11.4. The van der Waals surface area contributed by atoms with Crippen LogP contribution < -0.4 is 5.19 Å². The van der Waals surface area contributed by atoms with E-state index >= 15 is 0 Å². The van der Waals surface area contributed by atoms with Gasteiger partial charge in [-0.05, 0) is 129 Å². The number of fused-ring (bicyclic) bond motifs is 1. The smallest absolute Gasteiger partial charge is 0.0895 e. The van der Waals surface area contributed by atoms with Gasteiger partial charge >= 0.3 is 0 Å². The first-order valence-corrected chi connectivity index (χ1v) is 16.0. The van der Waals surface area contributed by atoms with E-state index in [0.29, 0.717) is 11.5 Å². The van der Waals surface area contributed by atoms with Crippen molar-refractivity contribution in [2.45, 2.75) is 112 Å². The zero-order valence-corrected chi connectivity index (χ0v) is 27.4. The normalized spacial score (nSPS) is 18.4. The van der Waals surface area contributed by atoms with Crippen LogP contribution in [0.25, 0.3) is 17.2 Å². The second-order valence-electron chi connectivity index (χ2n) is 13.8. The molecular weight excluding hydrogens is 488 g/mol. The van der Waals surface area contributed by atoms with E-state index in [1.54, 1.807) is 16.3 Å². The molecule has 2 radical (unpaired) electrons. The molecular formula is C37H50OSi. The molecule has 2 aliphatic rings. The highest BCUT2D eigenvalue weighted by molar-refractivity contribution is 6.57. The van der Waals surface area contributed by atoms with Gasteiger partial charge in [0.15, 0.2) is 0 Å². The molecule has 1 nitrogen and oxygen atoms in total. The number of hydrogen-bond donors (Lipinski definition) is 0. The summed E-state index contributed by atoms with van der Waals surface area (Å²) in [5.74, 6) is 0.523. The van der Waals surface area contributed by atoms with Crippen LogP contribution in [0.4, 0.5) is 0 Å². The summed E-state index contributed by atoms with van der Waals surface area (Å²) in [5.41, 5.74) is 15.4. The Hall–Kier alpha value is -2.16. The van der Waals surface area contributed by atoms with Gasteiger partial charge in [0, 0.05) is 6.61 Å². The molecule has 4 rings (SSSR count). The summed E-state index contributed by atoms with van der Waals surface area (Å²) in [4.78, 5) is 0. The van der Waals surface area contributed by atoms with Gasteiger partial charge in [0.25, 0.3) is 0 Å². The minimum atomic E-state index is -0.0862. The van der Waals surface area contributed by atoms with E-state index < -0.39 is 0 Å². The molecule has 0 spiro atoms. The Morgan fingerprint density at radius 2 is 1.64 bits per heavy atom. The summed E-state index contributed by atoms with van der Waals surface area (Å²) in [7, 11) is 0.744. The predicted octanol–water partition coefficient (Wildman–Crippen LogP) is 9.54. The molecule has 2 heteroatoms. The van der Waals surface area contributed by atoms with Crippen molar-refractivity contribution >= 4 is 20.8 Å². The van der Waals surface area contributed by atoms with Crippen LogP contribution in [0.5, 0.6) is 0 Å². The summed E-state index contributed by atoms with van der Waals surface area (Å²) in [5, 5.41) is 1.58. The Morgan fingerprint density at radius 3 is 2.26 bits per heavy atom. The van der Waals surface area contributed by atoms with Gasteiger partial charge in [-0.3, -0.25) is 0 Å². The first kappa shape index (κ1) is 29.8. The Kier molecular flexibility index (Phi) is 8.69. The first-order chi connectivity index (χ1) is 18.2. The van der Waals surface area contributed by atoms with Crippen molar-refractivity contribution in [3.63, 3.8) is 0 Å². The van der Waals surface area contributed by atoms with Crippen LogP contribution in [0.2, 0.25) is 5.54 Å². The summed E-state index contributed by atoms with van der Waals surface area (Å²) in [6.45, 7) is 26.3. The number of rotatable bonds is 8. The zero-order valence-electron chi connectivity index (χ0n) is 26.4. The molecule has 2 unspecified atom stereocenters. The molecule has 0 bridgehead atoms. The molecule has 208 valence electrons. The van der Waals surface area contributed by atoms with Crippen molar-refractivity contribution in [1.29, 1.82) is 0 Å². The van der Waals surface area contributed by atoms with Gasteiger partial charge in [-0.15, -0.1) is 0 Å². The third kappa shape index (κ3) is 6.28. The SMILES string of the molecule is CC1=C(C)C(C)C(C(CCCOC(C)(C)C)[Si]c2c(C(C)(C)C)ccc(-c3cccc4c3C=CC4)c2C)=C1C. The van der Waals surface area contributed by atoms with Gasteiger partial charge < -0.3 is 4.74 Å². The van der Waals surface area contributed by atoms with Crippen LogP contribution >= 0.6 is 0 Å². The highest BCUT2D eigenvalue weighted by atomic mass is 28.2. The molecule has 2 aromatic carbocycles. The van der Waals surface area contributed by atoms with Gasteiger partial charge in [0.05, 0.1) is 15.1 Å². The van der Waals surface area contributed by atoms with Gasteiger partial charge in [-0.1, -0.05) is 86.5 Å². The van der Waals surface area contributed by atoms with Crippen molar-refractivity contribution in [3.8, 4) is 11.1 Å². The lowest BCUT2D eigenvalue weighted by Crippen LogP contribution is -2.34. The number of allylic oxidation sites excluding steroid dienone is 5. The molecule has 39 heavy (non-hydrogen) atoms. The Labute approximate surface area is 241 Å². The standard InChI is InChI=1S/C37H50OSi/c1-23-24(2)26(4)34(25(23)3)33(19-14-22-38-37(9,10)11)39-35-27(5)29(20-21-32(35)36(6,7)8)31-18-13-16-28-15-12-17-30(28)31/h12-13,16-18,20-21,25,33H,14-15,19,22H2,1-11H3. The average Bonchev–Trinajstić information content (AvgIpc) is 3.40. The Balaban J connectivity index is 1.79. The van der Waals surface area contributed by atoms with Crippen molar-refractivity contribution in [1.82, 2.24) is 0 Å². The molecule has 0 saturated heterocycles. The monoisotopic (exact) mass is 538 g/mol. The van der Waals surface area contributed by atoms with Crippen molar-refractivity contribution in [2.24, 2.45) is 5.92 Å². The van der Waals surface area contributed by atoms with Gasteiger partial charge in [0.2, 0.25) is 0 Å². The molecule has 2 aromatic rings. The van der Waals surface area contributed by atoms with E-state index in [4.69, 9.17) is 4.74 Å².